The van der Waals surface area contributed by atoms with Crippen molar-refractivity contribution in [3.05, 3.63) is 76.3 Å². The molecule has 1 N–H and O–H groups in total. The molecule has 8 heteroatoms. The molecule has 0 aliphatic heterocycles. The molecule has 0 atom stereocenters. The second-order valence-electron chi connectivity index (χ2n) is 8.27. The van der Waals surface area contributed by atoms with Crippen LogP contribution in [0.3, 0.4) is 0 Å². The number of carbonyl (C=O) groups excluding carboxylic acids is 1. The molecule has 0 saturated carbocycles. The minimum atomic E-state index is -0.109. The highest BCUT2D eigenvalue weighted by Crippen LogP contribution is 2.16. The van der Waals surface area contributed by atoms with Crippen LogP contribution < -0.4 is 10.9 Å². The fourth-order valence-corrected chi connectivity index (χ4v) is 3.82. The third-order valence-electron chi connectivity index (χ3n) is 5.43. The van der Waals surface area contributed by atoms with Crippen molar-refractivity contribution >= 4 is 22.6 Å². The van der Waals surface area contributed by atoms with E-state index >= 15 is 0 Å². The zero-order valence-electron chi connectivity index (χ0n) is 19.0. The smallest absolute Gasteiger partial charge is 0.263 e. The van der Waals surface area contributed by atoms with E-state index in [0.29, 0.717) is 43.1 Å². The Morgan fingerprint density at radius 2 is 1.82 bits per heavy atom. The maximum absolute atomic E-state index is 13.2. The number of ether oxygens (including phenoxy) is 1. The number of hydrogen-bond acceptors (Lipinski definition) is 5. The minimum absolute atomic E-state index is 0.0433. The summed E-state index contributed by atoms with van der Waals surface area (Å²) in [7, 11) is 0. The van der Waals surface area contributed by atoms with E-state index in [1.54, 1.807) is 4.57 Å². The van der Waals surface area contributed by atoms with Crippen molar-refractivity contribution in [3.63, 3.8) is 0 Å². The average molecular weight is 448 g/mol. The Hall–Kier alpha value is -3.52. The third kappa shape index (κ3) is 5.28. The van der Waals surface area contributed by atoms with Gasteiger partial charge in [0.25, 0.3) is 5.56 Å². The van der Waals surface area contributed by atoms with E-state index in [0.717, 1.165) is 17.5 Å². The lowest BCUT2D eigenvalue weighted by atomic mass is 10.2. The predicted molar refractivity (Wildman–Crippen MR) is 127 cm³/mol. The van der Waals surface area contributed by atoms with Crippen molar-refractivity contribution in [3.8, 4) is 0 Å². The van der Waals surface area contributed by atoms with Crippen LogP contribution in [0.5, 0.6) is 0 Å². The van der Waals surface area contributed by atoms with Crippen molar-refractivity contribution in [2.24, 2.45) is 0 Å². The van der Waals surface area contributed by atoms with Crippen LogP contribution in [-0.4, -0.2) is 44.3 Å². The number of benzene rings is 2. The number of aromatic nitrogens is 4. The maximum Gasteiger partial charge on any atom is 0.263 e. The molecule has 0 saturated heterocycles. The molecule has 8 nitrogen and oxygen atoms in total. The monoisotopic (exact) mass is 447 g/mol. The minimum Gasteiger partial charge on any atom is -0.379 e. The van der Waals surface area contributed by atoms with Gasteiger partial charge in [-0.3, -0.25) is 18.6 Å². The van der Waals surface area contributed by atoms with Gasteiger partial charge in [0.15, 0.2) is 0 Å². The number of rotatable bonds is 10. The van der Waals surface area contributed by atoms with E-state index in [2.05, 4.69) is 15.5 Å². The third-order valence-corrected chi connectivity index (χ3v) is 5.43. The van der Waals surface area contributed by atoms with E-state index in [4.69, 9.17) is 4.74 Å². The first kappa shape index (κ1) is 22.7. The number of hydrogen-bond donors (Lipinski definition) is 1. The summed E-state index contributed by atoms with van der Waals surface area (Å²) in [6, 6.07) is 17.2. The molecule has 2 aromatic heterocycles. The van der Waals surface area contributed by atoms with Crippen LogP contribution in [0.4, 0.5) is 0 Å². The molecule has 0 spiro atoms. The fraction of sp³-hybridized carbons (Fsp3) is 0.360. The number of amides is 1. The Morgan fingerprint density at radius 1 is 1.06 bits per heavy atom. The molecule has 2 heterocycles. The number of fused-ring (bicyclic) bond motifs is 3. The Balaban J connectivity index is 1.56. The molecule has 1 amide bonds. The molecular weight excluding hydrogens is 418 g/mol. The van der Waals surface area contributed by atoms with Crippen LogP contribution in [0.15, 0.2) is 59.4 Å². The van der Waals surface area contributed by atoms with E-state index < -0.39 is 0 Å². The number of para-hydroxylation sites is 1. The summed E-state index contributed by atoms with van der Waals surface area (Å²) in [6.07, 6.45) is 1.67. The normalized spacial score (nSPS) is 11.5. The van der Waals surface area contributed by atoms with Crippen molar-refractivity contribution in [2.75, 3.05) is 13.2 Å². The van der Waals surface area contributed by atoms with Gasteiger partial charge in [0.05, 0.1) is 23.6 Å². The van der Waals surface area contributed by atoms with Gasteiger partial charge >= 0.3 is 0 Å². The standard InChI is InChI=1S/C25H29N5O3/c1-18(2)33-16-8-15-26-23(31)14-13-22-27-28-25-29(17-19-9-4-3-5-10-19)24(32)20-11-6-7-12-21(20)30(22)25/h3-7,9-12,18H,8,13-17H2,1-2H3,(H,26,31). The van der Waals surface area contributed by atoms with Crippen LogP contribution in [0.25, 0.3) is 16.7 Å². The molecular formula is C25H29N5O3. The molecule has 0 unspecified atom stereocenters. The summed E-state index contributed by atoms with van der Waals surface area (Å²) >= 11 is 0. The summed E-state index contributed by atoms with van der Waals surface area (Å²) in [5, 5.41) is 12.2. The highest BCUT2D eigenvalue weighted by molar-refractivity contribution is 5.80. The highest BCUT2D eigenvalue weighted by Gasteiger charge is 2.17. The second kappa shape index (κ2) is 10.4. The maximum atomic E-state index is 13.2. The molecule has 4 rings (SSSR count). The lowest BCUT2D eigenvalue weighted by Crippen LogP contribution is -2.26. The van der Waals surface area contributed by atoms with Crippen LogP contribution in [-0.2, 0) is 22.5 Å². The average Bonchev–Trinajstić information content (AvgIpc) is 3.25. The van der Waals surface area contributed by atoms with Crippen LogP contribution in [0.1, 0.15) is 38.1 Å². The Kier molecular flexibility index (Phi) is 7.14. The van der Waals surface area contributed by atoms with E-state index in [9.17, 15) is 9.59 Å². The van der Waals surface area contributed by atoms with Gasteiger partial charge in [-0.25, -0.2) is 0 Å². The van der Waals surface area contributed by atoms with E-state index in [1.165, 1.54) is 0 Å². The fourth-order valence-electron chi connectivity index (χ4n) is 3.82. The highest BCUT2D eigenvalue weighted by atomic mass is 16.5. The number of carbonyl (C=O) groups is 1. The topological polar surface area (TPSA) is 90.5 Å². The van der Waals surface area contributed by atoms with Gasteiger partial charge in [0.2, 0.25) is 11.7 Å². The van der Waals surface area contributed by atoms with E-state index in [-0.39, 0.29) is 24.0 Å². The quantitative estimate of drug-likeness (QED) is 0.378. The molecule has 33 heavy (non-hydrogen) atoms. The van der Waals surface area contributed by atoms with Gasteiger partial charge < -0.3 is 10.1 Å². The summed E-state index contributed by atoms with van der Waals surface area (Å²) in [6.45, 7) is 5.57. The zero-order valence-corrected chi connectivity index (χ0v) is 19.0. The molecule has 2 aromatic carbocycles. The van der Waals surface area contributed by atoms with Crippen LogP contribution in [0.2, 0.25) is 0 Å². The summed E-state index contributed by atoms with van der Waals surface area (Å²) in [4.78, 5) is 25.6. The summed E-state index contributed by atoms with van der Waals surface area (Å²) in [5.41, 5.74) is 1.64. The molecule has 4 aromatic rings. The van der Waals surface area contributed by atoms with Gasteiger partial charge in [-0.2, -0.15) is 0 Å². The van der Waals surface area contributed by atoms with Gasteiger partial charge in [-0.05, 0) is 38.0 Å². The van der Waals surface area contributed by atoms with Crippen molar-refractivity contribution in [1.82, 2.24) is 24.5 Å². The van der Waals surface area contributed by atoms with Crippen molar-refractivity contribution in [2.45, 2.75) is 45.8 Å². The molecule has 0 aliphatic carbocycles. The van der Waals surface area contributed by atoms with Crippen LogP contribution >= 0.6 is 0 Å². The number of aryl methyl sites for hydroxylation is 1. The predicted octanol–water partition coefficient (Wildman–Crippen LogP) is 2.96. The second-order valence-corrected chi connectivity index (χ2v) is 8.27. The summed E-state index contributed by atoms with van der Waals surface area (Å²) < 4.78 is 9.03. The summed E-state index contributed by atoms with van der Waals surface area (Å²) in [5.74, 6) is 1.09. The molecule has 0 fully saturated rings. The van der Waals surface area contributed by atoms with Gasteiger partial charge in [-0.15, -0.1) is 10.2 Å². The first-order valence-corrected chi connectivity index (χ1v) is 11.3. The lowest BCUT2D eigenvalue weighted by Gasteiger charge is -2.12. The largest absolute Gasteiger partial charge is 0.379 e. The Labute approximate surface area is 192 Å². The molecule has 0 bridgehead atoms. The van der Waals surface area contributed by atoms with Gasteiger partial charge in [-0.1, -0.05) is 42.5 Å². The first-order valence-electron chi connectivity index (χ1n) is 11.3. The van der Waals surface area contributed by atoms with Crippen molar-refractivity contribution < 1.29 is 9.53 Å². The zero-order chi connectivity index (χ0) is 23.2. The molecule has 0 radical (unpaired) electrons. The molecule has 0 aliphatic rings. The molecule has 172 valence electrons. The Morgan fingerprint density at radius 3 is 2.61 bits per heavy atom. The van der Waals surface area contributed by atoms with E-state index in [1.807, 2.05) is 72.8 Å². The lowest BCUT2D eigenvalue weighted by molar-refractivity contribution is -0.121. The number of nitrogens with zero attached hydrogens (tertiary/aromatic N) is 4. The van der Waals surface area contributed by atoms with Gasteiger partial charge in [0.1, 0.15) is 5.82 Å². The van der Waals surface area contributed by atoms with Crippen LogP contribution in [0, 0.1) is 0 Å². The van der Waals surface area contributed by atoms with Gasteiger partial charge in [0, 0.05) is 26.0 Å². The first-order chi connectivity index (χ1) is 16.0. The Bertz CT molecular complexity index is 1290. The SMILES string of the molecule is CC(C)OCCCNC(=O)CCc1nnc2n(Cc3ccccc3)c(=O)c3ccccc3n12. The number of nitrogens with one attached hydrogen (secondary N) is 1. The van der Waals surface area contributed by atoms with Crippen molar-refractivity contribution in [1.29, 1.82) is 0 Å².